The molecule has 662 valence electrons. The lowest BCUT2D eigenvalue weighted by Gasteiger charge is -2.45. The van der Waals surface area contributed by atoms with Gasteiger partial charge in [0.25, 0.3) is 6.47 Å². The van der Waals surface area contributed by atoms with E-state index in [9.17, 15) is 50.1 Å². The summed E-state index contributed by atoms with van der Waals surface area (Å²) in [6, 6.07) is 15.8. The lowest BCUT2D eigenvalue weighted by atomic mass is 9.70. The van der Waals surface area contributed by atoms with Crippen molar-refractivity contribution in [2.24, 2.45) is 23.7 Å². The minimum absolute atomic E-state index is 0. The van der Waals surface area contributed by atoms with Crippen molar-refractivity contribution >= 4 is 18.4 Å². The Hall–Kier alpha value is -6.43. The largest absolute Gasteiger partial charge is 0.508 e. The van der Waals surface area contributed by atoms with E-state index in [1.165, 1.54) is 96.3 Å². The normalized spacial score (nSPS) is 21.7. The summed E-state index contributed by atoms with van der Waals surface area (Å²) in [5, 5.41) is 72.7. The molecule has 8 atom stereocenters. The van der Waals surface area contributed by atoms with Gasteiger partial charge in [-0.2, -0.15) is 0 Å². The van der Waals surface area contributed by atoms with Crippen LogP contribution in [0.1, 0.15) is 403 Å². The summed E-state index contributed by atoms with van der Waals surface area (Å²) < 4.78 is 41.3. The highest BCUT2D eigenvalue weighted by molar-refractivity contribution is 5.72. The van der Waals surface area contributed by atoms with Crippen LogP contribution in [-0.2, 0) is 50.3 Å². The van der Waals surface area contributed by atoms with E-state index in [1.54, 1.807) is 0 Å². The predicted molar refractivity (Wildman–Crippen MR) is 473 cm³/mol. The molecule has 0 aromatic heterocycles. The quantitative estimate of drug-likeness (QED) is 0.0104. The van der Waals surface area contributed by atoms with Gasteiger partial charge in [-0.25, -0.2) is 0 Å². The third-order valence-electron chi connectivity index (χ3n) is 26.3. The van der Waals surface area contributed by atoms with Gasteiger partial charge >= 0.3 is 11.9 Å². The molecule has 6 heterocycles. The number of aliphatic hydroxyl groups excluding tert-OH is 3. The highest BCUT2D eigenvalue weighted by Crippen LogP contribution is 2.58. The highest BCUT2D eigenvalue weighted by Gasteiger charge is 2.51. The summed E-state index contributed by atoms with van der Waals surface area (Å²) >= 11 is 0. The number of phenolic OH excluding ortho intramolecular Hbond substituents is 4. The minimum atomic E-state index is -0.553. The molecule has 10 rings (SSSR count). The first-order valence-electron chi connectivity index (χ1n) is 43.1. The third kappa shape index (κ3) is 25.8. The number of cyclic esters (lactones) is 2. The van der Waals surface area contributed by atoms with Crippen LogP contribution in [0.5, 0.6) is 46.0 Å². The fourth-order valence-corrected chi connectivity index (χ4v) is 19.1. The summed E-state index contributed by atoms with van der Waals surface area (Å²) in [5.74, 6) is 2.97. The van der Waals surface area contributed by atoms with E-state index in [0.717, 1.165) is 89.8 Å². The molecule has 17 nitrogen and oxygen atoms in total. The molecule has 2 saturated heterocycles. The smallest absolute Gasteiger partial charge is 0.306 e. The Balaban J connectivity index is 0.000000396. The van der Waals surface area contributed by atoms with Gasteiger partial charge < -0.3 is 68.9 Å². The van der Waals surface area contributed by atoms with Crippen molar-refractivity contribution in [3.63, 3.8) is 0 Å². The second-order valence-electron chi connectivity index (χ2n) is 38.2. The monoisotopic (exact) mass is 1630 g/mol. The SMILES string of the molecule is C.C.C.C.CCCCCCC(C)(C)c1cc(O)c2c(c1)OC(C)(C)[C@@H]1CCC(=O)OC[C@@H]21.CCCCCCC(C)(C)c1cc(O)c2c(c1)OC(C)(C)[C@@H]1CCOC(=O)C[C@@H]21.CCCCCCC(C)(C)c1cc(O)c2c(c1)OC(C)(C)[C@H](CCO)[C@H]2CO.CCCCCCC(C)(C)c1cc(O)c2c(c1)OC(C)(C)[C@H](CCO)[C@H]2COC=O. The number of fused-ring (bicyclic) bond motifs is 8. The summed E-state index contributed by atoms with van der Waals surface area (Å²) in [6.45, 7) is 44.3. The molecule has 17 heteroatoms. The number of aliphatic hydroxyl groups is 3. The van der Waals surface area contributed by atoms with Gasteiger partial charge in [0.15, 0.2) is 0 Å². The Kier molecular flexibility index (Phi) is 40.0. The van der Waals surface area contributed by atoms with Crippen molar-refractivity contribution in [1.82, 2.24) is 0 Å². The minimum Gasteiger partial charge on any atom is -0.508 e. The molecule has 7 N–H and O–H groups in total. The summed E-state index contributed by atoms with van der Waals surface area (Å²) in [7, 11) is 0. The molecule has 6 aliphatic heterocycles. The van der Waals surface area contributed by atoms with E-state index >= 15 is 0 Å². The molecule has 116 heavy (non-hydrogen) atoms. The maximum absolute atomic E-state index is 12.1. The van der Waals surface area contributed by atoms with Gasteiger partial charge in [-0.1, -0.05) is 216 Å². The zero-order valence-electron chi connectivity index (χ0n) is 72.7. The van der Waals surface area contributed by atoms with Crippen LogP contribution in [0.15, 0.2) is 48.5 Å². The van der Waals surface area contributed by atoms with Crippen LogP contribution < -0.4 is 18.9 Å². The Morgan fingerprint density at radius 2 is 0.750 bits per heavy atom. The first-order valence-corrected chi connectivity index (χ1v) is 43.1. The van der Waals surface area contributed by atoms with Crippen LogP contribution in [0.3, 0.4) is 0 Å². The number of benzene rings is 4. The molecule has 0 bridgehead atoms. The fraction of sp³-hybridized carbons (Fsp3) is 0.727. The number of carbonyl (C=O) groups excluding carboxylic acids is 3. The molecular weight excluding hydrogens is 1460 g/mol. The van der Waals surface area contributed by atoms with Crippen LogP contribution in [0.4, 0.5) is 0 Å². The van der Waals surface area contributed by atoms with Gasteiger partial charge in [-0.3, -0.25) is 14.4 Å². The van der Waals surface area contributed by atoms with Crippen molar-refractivity contribution in [2.75, 3.05) is 39.6 Å². The van der Waals surface area contributed by atoms with Gasteiger partial charge in [0.1, 0.15) is 68.4 Å². The summed E-state index contributed by atoms with van der Waals surface area (Å²) in [5.41, 5.74) is 5.23. The molecule has 0 saturated carbocycles. The van der Waals surface area contributed by atoms with E-state index in [-0.39, 0.29) is 160 Å². The summed E-state index contributed by atoms with van der Waals surface area (Å²) in [4.78, 5) is 34.8. The molecule has 0 spiro atoms. The van der Waals surface area contributed by atoms with Crippen molar-refractivity contribution in [3.05, 3.63) is 93.0 Å². The zero-order valence-corrected chi connectivity index (χ0v) is 72.7. The first kappa shape index (κ1) is 104. The van der Waals surface area contributed by atoms with Gasteiger partial charge in [0, 0.05) is 89.2 Å². The van der Waals surface area contributed by atoms with Crippen LogP contribution in [0, 0.1) is 23.7 Å². The second kappa shape index (κ2) is 44.7. The van der Waals surface area contributed by atoms with Gasteiger partial charge in [-0.05, 0) is 199 Å². The first-order chi connectivity index (χ1) is 52.7. The number of rotatable bonds is 32. The standard InChI is InChI=1S/C24H38O5.2C24H36O4.C23H38O4.4CH4/c1-6-7-8-9-11-23(2,3)17-13-20(27)22-18(15-28-16-26)19(10-12-25)24(4,5)29-21(22)14-17;1-6-7-8-9-12-23(2,3)16-13-19(25)22-17-15-27-21(26)11-10-18(17)24(4,5)28-20(22)14-16;1-6-7-8-9-11-23(2,3)16-13-19(25)22-17-15-21(26)27-12-10-18(17)24(4,5)28-20(22)14-16;1-6-7-8-9-11-22(2,3)16-13-19(26)21-17(15-25)18(10-12-24)23(4,5)27-20(21)14-16;;;;/h13-14,16,18-19,25,27H,6-12,15H2,1-5H3;2*13-14,17-18,25H,6-12,15H2,1-5H3;13-14,17-18,24-26H,6-12,15H2,1-5H3;4*1H4/t18-,19-;3*17-,18-;;;;/m1111..../s1. The molecule has 0 amide bonds. The number of esters is 2. The summed E-state index contributed by atoms with van der Waals surface area (Å²) in [6.07, 6.45) is 27.0. The molecule has 4 aromatic rings. The molecular formula is C99H164O17. The lowest BCUT2D eigenvalue weighted by Crippen LogP contribution is -2.46. The molecule has 4 aromatic carbocycles. The number of aromatic hydroxyl groups is 4. The molecule has 0 aliphatic carbocycles. The third-order valence-corrected chi connectivity index (χ3v) is 26.3. The molecule has 2 fully saturated rings. The van der Waals surface area contributed by atoms with E-state index in [0.29, 0.717) is 68.0 Å². The Bertz CT molecular complexity index is 3680. The number of phenols is 4. The number of hydrogen-bond acceptors (Lipinski definition) is 17. The molecule has 6 aliphatic rings. The van der Waals surface area contributed by atoms with E-state index in [4.69, 9.17) is 33.2 Å². The van der Waals surface area contributed by atoms with Crippen LogP contribution in [0.2, 0.25) is 0 Å². The van der Waals surface area contributed by atoms with Gasteiger partial charge in [0.2, 0.25) is 0 Å². The number of hydrogen-bond donors (Lipinski definition) is 7. The van der Waals surface area contributed by atoms with E-state index in [1.807, 2.05) is 58.0 Å². The number of carbonyl (C=O) groups is 3. The predicted octanol–water partition coefficient (Wildman–Crippen LogP) is 24.2. The van der Waals surface area contributed by atoms with Crippen LogP contribution in [-0.4, -0.2) is 116 Å². The van der Waals surface area contributed by atoms with E-state index in [2.05, 4.69) is 129 Å². The maximum Gasteiger partial charge on any atom is 0.306 e. The van der Waals surface area contributed by atoms with Crippen molar-refractivity contribution in [2.45, 2.75) is 403 Å². The number of ether oxygens (including phenoxy) is 7. The van der Waals surface area contributed by atoms with Gasteiger partial charge in [0.05, 0.1) is 32.8 Å². The Labute approximate surface area is 703 Å². The van der Waals surface area contributed by atoms with Crippen molar-refractivity contribution in [3.8, 4) is 46.0 Å². The zero-order chi connectivity index (χ0) is 83.0. The Morgan fingerprint density at radius 3 is 1.10 bits per heavy atom. The molecule has 0 unspecified atom stereocenters. The average Bonchev–Trinajstić information content (AvgIpc) is 1.01. The fourth-order valence-electron chi connectivity index (χ4n) is 19.1. The van der Waals surface area contributed by atoms with Crippen molar-refractivity contribution < 1.29 is 83.3 Å². The maximum atomic E-state index is 12.1. The number of unbranched alkanes of at least 4 members (excludes halogenated alkanes) is 12. The second-order valence-corrected chi connectivity index (χ2v) is 38.2. The molecule has 0 radical (unpaired) electrons. The van der Waals surface area contributed by atoms with Gasteiger partial charge in [-0.15, -0.1) is 0 Å². The van der Waals surface area contributed by atoms with E-state index < -0.39 is 22.4 Å². The highest BCUT2D eigenvalue weighted by atomic mass is 16.5. The Morgan fingerprint density at radius 1 is 0.422 bits per heavy atom. The lowest BCUT2D eigenvalue weighted by molar-refractivity contribution is -0.143. The van der Waals surface area contributed by atoms with Crippen molar-refractivity contribution in [1.29, 1.82) is 0 Å². The average molecular weight is 1630 g/mol. The van der Waals surface area contributed by atoms with Crippen LogP contribution in [0.25, 0.3) is 0 Å². The topological polar surface area (TPSA) is 257 Å². The van der Waals surface area contributed by atoms with Crippen LogP contribution >= 0.6 is 0 Å².